The summed E-state index contributed by atoms with van der Waals surface area (Å²) in [6, 6.07) is 7.06. The van der Waals surface area contributed by atoms with Crippen LogP contribution in [0.25, 0.3) is 0 Å². The van der Waals surface area contributed by atoms with Crippen LogP contribution in [0.2, 0.25) is 0 Å². The predicted octanol–water partition coefficient (Wildman–Crippen LogP) is 1.41. The van der Waals surface area contributed by atoms with Crippen molar-refractivity contribution < 1.29 is 8.42 Å². The molecule has 0 saturated carbocycles. The van der Waals surface area contributed by atoms with E-state index in [2.05, 4.69) is 3.77 Å². The first-order chi connectivity index (χ1) is 5.74. The molecule has 0 spiro atoms. The maximum absolute atomic E-state index is 11.1. The standard InChI is InChI=1S/C7H7NO2S2/c1-6-2-4-7(5-3-6)12(10)8-11-9/h2-5H,1H3. The topological polar surface area (TPSA) is 46.5 Å². The van der Waals surface area contributed by atoms with Gasteiger partial charge in [0, 0.05) is 0 Å². The molecule has 0 N–H and O–H groups in total. The SMILES string of the molecule is Cc1ccc(S(=O)N=S=O)cc1. The molecule has 1 unspecified atom stereocenters. The Hall–Kier alpha value is -0.810. The summed E-state index contributed by atoms with van der Waals surface area (Å²) in [5, 5.41) is 0. The molecule has 0 amide bonds. The average Bonchev–Trinajstić information content (AvgIpc) is 2.06. The van der Waals surface area contributed by atoms with Gasteiger partial charge in [-0.1, -0.05) is 21.5 Å². The van der Waals surface area contributed by atoms with E-state index in [-0.39, 0.29) is 11.5 Å². The molecule has 0 heterocycles. The number of rotatable bonds is 2. The quantitative estimate of drug-likeness (QED) is 0.726. The van der Waals surface area contributed by atoms with Gasteiger partial charge in [0.15, 0.2) is 11.0 Å². The van der Waals surface area contributed by atoms with Gasteiger partial charge in [-0.3, -0.25) is 0 Å². The highest BCUT2D eigenvalue weighted by atomic mass is 32.2. The van der Waals surface area contributed by atoms with E-state index in [0.717, 1.165) is 5.56 Å². The zero-order chi connectivity index (χ0) is 8.97. The van der Waals surface area contributed by atoms with Gasteiger partial charge in [-0.2, -0.15) is 4.21 Å². The molecule has 1 atom stereocenters. The van der Waals surface area contributed by atoms with Crippen molar-refractivity contribution in [3.8, 4) is 0 Å². The summed E-state index contributed by atoms with van der Waals surface area (Å²) in [5.41, 5.74) is 1.09. The van der Waals surface area contributed by atoms with Crippen LogP contribution in [0.15, 0.2) is 32.9 Å². The van der Waals surface area contributed by atoms with Crippen LogP contribution in [-0.4, -0.2) is 8.42 Å². The molecule has 1 rings (SSSR count). The van der Waals surface area contributed by atoms with Gasteiger partial charge in [0.25, 0.3) is 0 Å². The van der Waals surface area contributed by atoms with Crippen molar-refractivity contribution in [1.29, 1.82) is 0 Å². The van der Waals surface area contributed by atoms with Crippen LogP contribution in [-0.2, 0) is 22.4 Å². The molecule has 0 fully saturated rings. The van der Waals surface area contributed by atoms with Crippen molar-refractivity contribution in [1.82, 2.24) is 0 Å². The van der Waals surface area contributed by atoms with Gasteiger partial charge >= 0.3 is 0 Å². The molecular formula is C7H7NO2S2. The minimum absolute atomic E-state index is 0.0164. The molecule has 0 aliphatic rings. The van der Waals surface area contributed by atoms with Crippen LogP contribution in [0, 0.1) is 6.92 Å². The third kappa shape index (κ3) is 2.35. The fourth-order valence-electron chi connectivity index (χ4n) is 0.725. The first-order valence-corrected chi connectivity index (χ1v) is 5.03. The van der Waals surface area contributed by atoms with Crippen molar-refractivity contribution in [3.05, 3.63) is 29.8 Å². The average molecular weight is 201 g/mol. The molecule has 0 saturated heterocycles. The fraction of sp³-hybridized carbons (Fsp3) is 0.143. The Morgan fingerprint density at radius 3 is 2.42 bits per heavy atom. The second-order valence-corrected chi connectivity index (χ2v) is 3.93. The largest absolute Gasteiger partial charge is 0.229 e. The lowest BCUT2D eigenvalue weighted by atomic mass is 10.2. The number of nitrogens with zero attached hydrogens (tertiary/aromatic N) is 1. The van der Waals surface area contributed by atoms with Gasteiger partial charge in [-0.05, 0) is 19.1 Å². The van der Waals surface area contributed by atoms with E-state index in [1.54, 1.807) is 12.1 Å². The smallest absolute Gasteiger partial charge is 0.214 e. The lowest BCUT2D eigenvalue weighted by molar-refractivity contribution is 0.683. The van der Waals surface area contributed by atoms with Crippen molar-refractivity contribution in [2.75, 3.05) is 0 Å². The second-order valence-electron chi connectivity index (χ2n) is 2.21. The summed E-state index contributed by atoms with van der Waals surface area (Å²) in [6.07, 6.45) is 0. The second kappa shape index (κ2) is 4.27. The molecule has 5 heteroatoms. The van der Waals surface area contributed by atoms with Crippen LogP contribution in [0.4, 0.5) is 0 Å². The van der Waals surface area contributed by atoms with Crippen molar-refractivity contribution in [3.63, 3.8) is 0 Å². The Morgan fingerprint density at radius 2 is 1.92 bits per heavy atom. The van der Waals surface area contributed by atoms with Crippen molar-refractivity contribution in [2.24, 2.45) is 3.77 Å². The Kier molecular flexibility index (Phi) is 3.31. The van der Waals surface area contributed by atoms with Gasteiger partial charge in [0.05, 0.1) is 4.90 Å². The van der Waals surface area contributed by atoms with Gasteiger partial charge in [0.2, 0.25) is 11.5 Å². The van der Waals surface area contributed by atoms with Crippen LogP contribution < -0.4 is 0 Å². The van der Waals surface area contributed by atoms with Gasteiger partial charge < -0.3 is 0 Å². The summed E-state index contributed by atoms with van der Waals surface area (Å²) in [5.74, 6) is 0. The highest BCUT2D eigenvalue weighted by Gasteiger charge is 1.99. The van der Waals surface area contributed by atoms with E-state index in [0.29, 0.717) is 4.90 Å². The summed E-state index contributed by atoms with van der Waals surface area (Å²) in [4.78, 5) is 0.559. The molecule has 0 aromatic heterocycles. The Labute approximate surface area is 76.6 Å². The maximum Gasteiger partial charge on any atom is 0.214 e. The molecule has 0 bridgehead atoms. The first kappa shape index (κ1) is 9.28. The number of aryl methyl sites for hydroxylation is 1. The van der Waals surface area contributed by atoms with Gasteiger partial charge in [-0.15, -0.1) is 0 Å². The normalized spacial score (nSPS) is 12.1. The Balaban J connectivity index is 2.97. The van der Waals surface area contributed by atoms with Crippen LogP contribution in [0.3, 0.4) is 0 Å². The molecule has 0 radical (unpaired) electrons. The van der Waals surface area contributed by atoms with E-state index in [9.17, 15) is 8.42 Å². The molecule has 0 aliphatic carbocycles. The summed E-state index contributed by atoms with van der Waals surface area (Å²) in [7, 11) is -1.52. The molecule has 12 heavy (non-hydrogen) atoms. The van der Waals surface area contributed by atoms with E-state index < -0.39 is 11.0 Å². The van der Waals surface area contributed by atoms with Crippen molar-refractivity contribution in [2.45, 2.75) is 11.8 Å². The van der Waals surface area contributed by atoms with E-state index in [4.69, 9.17) is 0 Å². The fourth-order valence-corrected chi connectivity index (χ4v) is 1.66. The van der Waals surface area contributed by atoms with Crippen LogP contribution >= 0.6 is 0 Å². The third-order valence-electron chi connectivity index (χ3n) is 1.32. The summed E-state index contributed by atoms with van der Waals surface area (Å²) >= 11 is -0.0164. The van der Waals surface area contributed by atoms with Crippen molar-refractivity contribution >= 4 is 22.4 Å². The number of hydrogen-bond donors (Lipinski definition) is 0. The number of benzene rings is 1. The monoisotopic (exact) mass is 201 g/mol. The molecule has 3 nitrogen and oxygen atoms in total. The summed E-state index contributed by atoms with van der Waals surface area (Å²) in [6.45, 7) is 1.94. The van der Waals surface area contributed by atoms with Gasteiger partial charge in [0.1, 0.15) is 0 Å². The highest BCUT2D eigenvalue weighted by Crippen LogP contribution is 2.08. The lowest BCUT2D eigenvalue weighted by Crippen LogP contribution is -1.85. The first-order valence-electron chi connectivity index (χ1n) is 3.22. The molecule has 64 valence electrons. The third-order valence-corrected chi connectivity index (χ3v) is 2.78. The molecular weight excluding hydrogens is 194 g/mol. The minimum atomic E-state index is -1.52. The predicted molar refractivity (Wildman–Crippen MR) is 48.2 cm³/mol. The van der Waals surface area contributed by atoms with Crippen LogP contribution in [0.1, 0.15) is 5.56 Å². The Morgan fingerprint density at radius 1 is 1.33 bits per heavy atom. The van der Waals surface area contributed by atoms with E-state index in [1.807, 2.05) is 19.1 Å². The molecule has 1 aromatic carbocycles. The summed E-state index contributed by atoms with van der Waals surface area (Å²) < 4.78 is 24.3. The molecule has 1 aromatic rings. The van der Waals surface area contributed by atoms with E-state index in [1.165, 1.54) is 0 Å². The molecule has 0 aliphatic heterocycles. The Bertz CT molecular complexity index is 341. The lowest BCUT2D eigenvalue weighted by Gasteiger charge is -1.93. The highest BCUT2D eigenvalue weighted by molar-refractivity contribution is 7.87. The zero-order valence-electron chi connectivity index (χ0n) is 6.39. The van der Waals surface area contributed by atoms with Crippen LogP contribution in [0.5, 0.6) is 0 Å². The minimum Gasteiger partial charge on any atom is -0.229 e. The number of hydrogen-bond acceptors (Lipinski definition) is 2. The zero-order valence-corrected chi connectivity index (χ0v) is 8.02. The maximum atomic E-state index is 11.1. The van der Waals surface area contributed by atoms with Gasteiger partial charge in [-0.25, -0.2) is 4.21 Å². The van der Waals surface area contributed by atoms with E-state index >= 15 is 0 Å².